The molecule has 8 aromatic carbocycles. The summed E-state index contributed by atoms with van der Waals surface area (Å²) < 4.78 is 4.86. The largest absolute Gasteiger partial charge is 0.309 e. The average molecular weight is 637 g/mol. The van der Waals surface area contributed by atoms with E-state index in [0.717, 1.165) is 11.4 Å². The van der Waals surface area contributed by atoms with Crippen LogP contribution in [0.4, 0.5) is 0 Å². The van der Waals surface area contributed by atoms with Gasteiger partial charge in [0.25, 0.3) is 0 Å². The van der Waals surface area contributed by atoms with Gasteiger partial charge in [0.1, 0.15) is 0 Å². The van der Waals surface area contributed by atoms with Crippen molar-refractivity contribution in [2.45, 2.75) is 0 Å². The fourth-order valence-corrected chi connectivity index (χ4v) is 7.87. The molecule has 50 heavy (non-hydrogen) atoms. The first-order valence-corrected chi connectivity index (χ1v) is 17.2. The first-order valence-electron chi connectivity index (χ1n) is 17.2. The molecule has 0 saturated heterocycles. The molecule has 10 aromatic rings. The fraction of sp³-hybridized carbons (Fsp3) is 0. The van der Waals surface area contributed by atoms with E-state index in [1.807, 2.05) is 0 Å². The Morgan fingerprint density at radius 2 is 0.740 bits per heavy atom. The van der Waals surface area contributed by atoms with Gasteiger partial charge in [0.2, 0.25) is 0 Å². The lowest BCUT2D eigenvalue weighted by molar-refractivity contribution is 1.17. The van der Waals surface area contributed by atoms with Gasteiger partial charge in [0, 0.05) is 32.9 Å². The molecule has 0 atom stereocenters. The van der Waals surface area contributed by atoms with Crippen molar-refractivity contribution in [3.8, 4) is 44.8 Å². The minimum Gasteiger partial charge on any atom is -0.309 e. The summed E-state index contributed by atoms with van der Waals surface area (Å²) in [5.41, 5.74) is 14.4. The Kier molecular flexibility index (Phi) is 6.53. The normalized spacial score (nSPS) is 11.6. The summed E-state index contributed by atoms with van der Waals surface area (Å²) in [5.74, 6) is 0. The van der Waals surface area contributed by atoms with Gasteiger partial charge >= 0.3 is 0 Å². The number of benzene rings is 8. The maximum Gasteiger partial charge on any atom is 0.0547 e. The molecule has 0 spiro atoms. The molecule has 234 valence electrons. The first kappa shape index (κ1) is 28.4. The monoisotopic (exact) mass is 636 g/mol. The van der Waals surface area contributed by atoms with Crippen LogP contribution in [0.5, 0.6) is 0 Å². The van der Waals surface area contributed by atoms with E-state index >= 15 is 0 Å². The van der Waals surface area contributed by atoms with Gasteiger partial charge < -0.3 is 9.13 Å². The van der Waals surface area contributed by atoms with E-state index in [4.69, 9.17) is 0 Å². The summed E-state index contributed by atoms with van der Waals surface area (Å²) in [5, 5.41) is 5.02. The van der Waals surface area contributed by atoms with Crippen molar-refractivity contribution < 1.29 is 0 Å². The van der Waals surface area contributed by atoms with Gasteiger partial charge in [-0.2, -0.15) is 0 Å². The minimum absolute atomic E-state index is 1.14. The minimum atomic E-state index is 1.14. The summed E-state index contributed by atoms with van der Waals surface area (Å²) in [7, 11) is 0. The lowest BCUT2D eigenvalue weighted by atomic mass is 9.99. The van der Waals surface area contributed by atoms with E-state index < -0.39 is 0 Å². The molecule has 2 heterocycles. The molecule has 0 unspecified atom stereocenters. The maximum atomic E-state index is 2.44. The SMILES string of the molecule is c1ccc(-c2cccc(-c3cccc(-n4c5ccc(-n6c7ccccc7c7ccccc76)cc5c5c(-c6ccccc6)cccc54)c3)c2)cc1. The van der Waals surface area contributed by atoms with E-state index in [1.165, 1.54) is 77.0 Å². The highest BCUT2D eigenvalue weighted by atomic mass is 15.0. The molecule has 0 fully saturated rings. The second kappa shape index (κ2) is 11.5. The van der Waals surface area contributed by atoms with Crippen LogP contribution in [0.1, 0.15) is 0 Å². The van der Waals surface area contributed by atoms with Crippen molar-refractivity contribution >= 4 is 43.6 Å². The van der Waals surface area contributed by atoms with Crippen molar-refractivity contribution in [2.24, 2.45) is 0 Å². The summed E-state index contributed by atoms with van der Waals surface area (Å²) in [6.07, 6.45) is 0. The maximum absolute atomic E-state index is 2.44. The molecule has 2 heteroatoms. The third kappa shape index (κ3) is 4.50. The zero-order valence-electron chi connectivity index (χ0n) is 27.4. The van der Waals surface area contributed by atoms with Crippen LogP contribution in [0.15, 0.2) is 194 Å². The van der Waals surface area contributed by atoms with E-state index in [9.17, 15) is 0 Å². The highest BCUT2D eigenvalue weighted by Gasteiger charge is 2.19. The number of aromatic nitrogens is 2. The van der Waals surface area contributed by atoms with Crippen molar-refractivity contribution in [1.29, 1.82) is 0 Å². The topological polar surface area (TPSA) is 9.86 Å². The third-order valence-corrected chi connectivity index (χ3v) is 10.1. The van der Waals surface area contributed by atoms with Gasteiger partial charge in [0.05, 0.1) is 22.1 Å². The summed E-state index contributed by atoms with van der Waals surface area (Å²) >= 11 is 0. The molecule has 10 rings (SSSR count). The molecule has 0 saturated carbocycles. The van der Waals surface area contributed by atoms with Crippen molar-refractivity contribution in [1.82, 2.24) is 9.13 Å². The van der Waals surface area contributed by atoms with Crippen LogP contribution >= 0.6 is 0 Å². The van der Waals surface area contributed by atoms with Gasteiger partial charge in [-0.3, -0.25) is 0 Å². The Morgan fingerprint density at radius 1 is 0.260 bits per heavy atom. The second-order valence-electron chi connectivity index (χ2n) is 13.0. The average Bonchev–Trinajstić information content (AvgIpc) is 3.71. The Morgan fingerprint density at radius 3 is 1.46 bits per heavy atom. The number of para-hydroxylation sites is 2. The molecule has 0 aliphatic rings. The molecule has 2 aromatic heterocycles. The van der Waals surface area contributed by atoms with Gasteiger partial charge in [-0.15, -0.1) is 0 Å². The van der Waals surface area contributed by atoms with Crippen LogP contribution in [0, 0.1) is 0 Å². The van der Waals surface area contributed by atoms with Crippen LogP contribution < -0.4 is 0 Å². The zero-order chi connectivity index (χ0) is 33.0. The molecule has 0 aliphatic carbocycles. The molecule has 0 bridgehead atoms. The number of nitrogens with zero attached hydrogens (tertiary/aromatic N) is 2. The predicted molar refractivity (Wildman–Crippen MR) is 211 cm³/mol. The van der Waals surface area contributed by atoms with Crippen molar-refractivity contribution in [3.63, 3.8) is 0 Å². The van der Waals surface area contributed by atoms with Crippen LogP contribution in [0.25, 0.3) is 88.4 Å². The molecule has 0 aliphatic heterocycles. The number of rotatable bonds is 5. The Hall–Kier alpha value is -6.64. The molecule has 0 amide bonds. The highest BCUT2D eigenvalue weighted by molar-refractivity contribution is 6.17. The predicted octanol–water partition coefficient (Wildman–Crippen LogP) is 12.9. The van der Waals surface area contributed by atoms with Gasteiger partial charge in [-0.05, 0) is 88.0 Å². The number of hydrogen-bond donors (Lipinski definition) is 0. The second-order valence-corrected chi connectivity index (χ2v) is 13.0. The van der Waals surface area contributed by atoms with Crippen LogP contribution in [0.3, 0.4) is 0 Å². The molecule has 0 N–H and O–H groups in total. The highest BCUT2D eigenvalue weighted by Crippen LogP contribution is 2.41. The molecule has 0 radical (unpaired) electrons. The van der Waals surface area contributed by atoms with E-state index in [1.54, 1.807) is 0 Å². The van der Waals surface area contributed by atoms with E-state index in [0.29, 0.717) is 0 Å². The molecular weight excluding hydrogens is 605 g/mol. The van der Waals surface area contributed by atoms with Crippen LogP contribution in [0.2, 0.25) is 0 Å². The zero-order valence-corrected chi connectivity index (χ0v) is 27.4. The van der Waals surface area contributed by atoms with Crippen LogP contribution in [-0.2, 0) is 0 Å². The quantitative estimate of drug-likeness (QED) is 0.178. The van der Waals surface area contributed by atoms with Gasteiger partial charge in [0.15, 0.2) is 0 Å². The van der Waals surface area contributed by atoms with Crippen LogP contribution in [-0.4, -0.2) is 9.13 Å². The number of fused-ring (bicyclic) bond motifs is 6. The fourth-order valence-electron chi connectivity index (χ4n) is 7.87. The smallest absolute Gasteiger partial charge is 0.0547 e. The van der Waals surface area contributed by atoms with Crippen molar-refractivity contribution in [3.05, 3.63) is 194 Å². The van der Waals surface area contributed by atoms with E-state index in [-0.39, 0.29) is 0 Å². The summed E-state index contributed by atoms with van der Waals surface area (Å²) in [6.45, 7) is 0. The number of hydrogen-bond acceptors (Lipinski definition) is 0. The summed E-state index contributed by atoms with van der Waals surface area (Å²) in [4.78, 5) is 0. The summed E-state index contributed by atoms with van der Waals surface area (Å²) in [6, 6.07) is 70.4. The van der Waals surface area contributed by atoms with Gasteiger partial charge in [-0.25, -0.2) is 0 Å². The third-order valence-electron chi connectivity index (χ3n) is 10.1. The molecular formula is C48H32N2. The Balaban J connectivity index is 1.22. The lowest BCUT2D eigenvalue weighted by Crippen LogP contribution is -1.96. The van der Waals surface area contributed by atoms with Gasteiger partial charge in [-0.1, -0.05) is 140 Å². The Bertz CT molecular complexity index is 2800. The standard InChI is InChI=1S/C48H32N2/c1-3-14-33(15-4-1)35-18-11-19-36(30-35)37-20-12-21-38(31-37)50-46-29-28-39(49-44-25-9-7-22-41(44)42-23-8-10-26-45(42)49)32-43(46)48-40(24-13-27-47(48)50)34-16-5-2-6-17-34/h1-32H. The van der Waals surface area contributed by atoms with E-state index in [2.05, 4.69) is 203 Å². The van der Waals surface area contributed by atoms with Crippen molar-refractivity contribution in [2.75, 3.05) is 0 Å². The lowest BCUT2D eigenvalue weighted by Gasteiger charge is -2.12. The Labute approximate surface area is 290 Å². The first-order chi connectivity index (χ1) is 24.8. The molecule has 2 nitrogen and oxygen atoms in total.